The summed E-state index contributed by atoms with van der Waals surface area (Å²) >= 11 is 6.39. The molecule has 2 N–H and O–H groups in total. The normalized spacial score (nSPS) is 27.4. The number of aryl methyl sites for hydroxylation is 1. The molecule has 5 unspecified atom stereocenters. The van der Waals surface area contributed by atoms with Gasteiger partial charge < -0.3 is 24.4 Å². The molecule has 3 heterocycles. The predicted molar refractivity (Wildman–Crippen MR) is 206 cm³/mol. The van der Waals surface area contributed by atoms with Gasteiger partial charge in [0.1, 0.15) is 16.7 Å². The lowest BCUT2D eigenvalue weighted by atomic mass is 9.68. The number of carbonyl (C=O) groups excluding carboxylic acids is 1. The van der Waals surface area contributed by atoms with Crippen molar-refractivity contribution in [3.8, 4) is 5.75 Å². The number of benzene rings is 2. The third-order valence-electron chi connectivity index (χ3n) is 11.9. The van der Waals surface area contributed by atoms with E-state index in [0.29, 0.717) is 41.7 Å². The van der Waals surface area contributed by atoms with Crippen LogP contribution in [-0.4, -0.2) is 109 Å². The van der Waals surface area contributed by atoms with E-state index < -0.39 is 11.0 Å². The Morgan fingerprint density at radius 2 is 1.98 bits per heavy atom. The standard InChI is InChI=1S/C32H43ClN2O4S.C8H16N2O/c1-4-40(38)34-31(37)23-9-14-30-28(17-23)35(18-24-8-11-26(24)29(36)13-7-21(2)3)19-32(20-39-30)15-5-6-22-16-25(33)10-12-27(22)32;1-9-2-3-10-4-5-11-7-8(10)6-9/h9-10,12,14,16-17,21,24,26,29,36H,4-8,11,13,15,18-20H2,1-3H3,(H,34,37);8H,2-7H2,1H3/t24?,26?,29?,32-,40?;/m0./s1. The number of aliphatic hydroxyl groups excluding tert-OH is 1. The van der Waals surface area contributed by atoms with Crippen molar-refractivity contribution in [2.45, 2.75) is 83.3 Å². The number of rotatable bonds is 9. The molecule has 1 saturated carbocycles. The summed E-state index contributed by atoms with van der Waals surface area (Å²) < 4.78 is 26.6. The fraction of sp³-hybridized carbons (Fsp3) is 0.675. The molecule has 282 valence electrons. The van der Waals surface area contributed by atoms with Crippen LogP contribution in [0, 0.1) is 17.8 Å². The smallest absolute Gasteiger partial charge is 0.263 e. The van der Waals surface area contributed by atoms with Gasteiger partial charge in [-0.05, 0) is 111 Å². The highest BCUT2D eigenvalue weighted by Crippen LogP contribution is 2.47. The number of nitrogens with one attached hydrogen (secondary N) is 1. The van der Waals surface area contributed by atoms with Gasteiger partial charge in [0.05, 0.1) is 31.6 Å². The minimum absolute atomic E-state index is 0.196. The van der Waals surface area contributed by atoms with Gasteiger partial charge in [-0.25, -0.2) is 4.21 Å². The highest BCUT2D eigenvalue weighted by molar-refractivity contribution is 7.83. The van der Waals surface area contributed by atoms with Crippen LogP contribution >= 0.6 is 11.6 Å². The number of amides is 1. The molecular weight excluding hydrogens is 684 g/mol. The van der Waals surface area contributed by atoms with E-state index in [1.807, 2.05) is 18.2 Å². The highest BCUT2D eigenvalue weighted by atomic mass is 35.5. The number of carbonyl (C=O) groups is 1. The zero-order chi connectivity index (χ0) is 36.1. The summed E-state index contributed by atoms with van der Waals surface area (Å²) in [6, 6.07) is 12.5. The number of fused-ring (bicyclic) bond motifs is 4. The van der Waals surface area contributed by atoms with Crippen molar-refractivity contribution < 1.29 is 23.6 Å². The molecule has 1 amide bonds. The van der Waals surface area contributed by atoms with Gasteiger partial charge in [0.15, 0.2) is 0 Å². The van der Waals surface area contributed by atoms with Gasteiger partial charge in [-0.2, -0.15) is 0 Å². The molecule has 0 aromatic heterocycles. The first-order valence-corrected chi connectivity index (χ1v) is 20.9. The summed E-state index contributed by atoms with van der Waals surface area (Å²) in [6.07, 6.45) is 6.83. The third kappa shape index (κ3) is 9.30. The number of ether oxygens (including phenoxy) is 2. The Morgan fingerprint density at radius 3 is 2.75 bits per heavy atom. The Labute approximate surface area is 313 Å². The average Bonchev–Trinajstić information content (AvgIpc) is 3.26. The Balaban J connectivity index is 0.000000344. The van der Waals surface area contributed by atoms with E-state index in [4.69, 9.17) is 21.1 Å². The molecule has 5 aliphatic rings. The van der Waals surface area contributed by atoms with Crippen LogP contribution in [0.1, 0.15) is 80.8 Å². The van der Waals surface area contributed by atoms with Crippen molar-refractivity contribution in [2.24, 2.45) is 17.8 Å². The van der Waals surface area contributed by atoms with E-state index in [1.54, 1.807) is 13.0 Å². The number of likely N-dealkylation sites (N-methyl/N-ethyl adjacent to an activating group) is 1. The second-order valence-corrected chi connectivity index (χ2v) is 17.8. The predicted octanol–water partition coefficient (Wildman–Crippen LogP) is 5.68. The van der Waals surface area contributed by atoms with Gasteiger partial charge in [-0.1, -0.05) is 38.4 Å². The van der Waals surface area contributed by atoms with Crippen molar-refractivity contribution in [2.75, 3.05) is 76.8 Å². The van der Waals surface area contributed by atoms with Gasteiger partial charge in [0.25, 0.3) is 5.91 Å². The molecule has 2 saturated heterocycles. The fourth-order valence-corrected chi connectivity index (χ4v) is 9.38. The lowest BCUT2D eigenvalue weighted by Gasteiger charge is -2.46. The molecule has 2 aromatic carbocycles. The molecule has 0 radical (unpaired) electrons. The topological polar surface area (TPSA) is 94.6 Å². The van der Waals surface area contributed by atoms with Crippen LogP contribution < -0.4 is 14.4 Å². The SMILES string of the molecule is CCS(=O)NC(=O)c1ccc2c(c1)N(CC1CCC1C(O)CCC(C)C)C[C@@]1(CCCc3cc(Cl)ccc31)CO2.CN1CCN2CCOCC2C1. The maximum atomic E-state index is 12.9. The Bertz CT molecular complexity index is 1530. The van der Waals surface area contributed by atoms with Crippen molar-refractivity contribution in [3.63, 3.8) is 0 Å². The maximum Gasteiger partial charge on any atom is 0.263 e. The molecule has 3 fully saturated rings. The van der Waals surface area contributed by atoms with Gasteiger partial charge >= 0.3 is 0 Å². The summed E-state index contributed by atoms with van der Waals surface area (Å²) in [5.74, 6) is 2.03. The zero-order valence-electron chi connectivity index (χ0n) is 31.1. The van der Waals surface area contributed by atoms with Crippen LogP contribution in [0.25, 0.3) is 0 Å². The number of nitrogens with zero attached hydrogens (tertiary/aromatic N) is 3. The van der Waals surface area contributed by atoms with Crippen LogP contribution in [0.15, 0.2) is 36.4 Å². The molecule has 2 aromatic rings. The average molecular weight is 743 g/mol. The molecule has 7 rings (SSSR count). The fourth-order valence-electron chi connectivity index (χ4n) is 8.72. The number of hydrogen-bond acceptors (Lipinski definition) is 8. The number of hydrogen-bond donors (Lipinski definition) is 2. The zero-order valence-corrected chi connectivity index (χ0v) is 32.7. The summed E-state index contributed by atoms with van der Waals surface area (Å²) in [5.41, 5.74) is 3.78. The van der Waals surface area contributed by atoms with Crippen molar-refractivity contribution in [1.82, 2.24) is 14.5 Å². The minimum Gasteiger partial charge on any atom is -0.490 e. The minimum atomic E-state index is -1.41. The summed E-state index contributed by atoms with van der Waals surface area (Å²) in [5, 5.41) is 11.8. The van der Waals surface area contributed by atoms with E-state index in [1.165, 1.54) is 30.8 Å². The van der Waals surface area contributed by atoms with E-state index in [0.717, 1.165) is 94.3 Å². The molecule has 6 atom stereocenters. The van der Waals surface area contributed by atoms with Gasteiger partial charge in [0, 0.05) is 67.1 Å². The first-order valence-electron chi connectivity index (χ1n) is 19.2. The van der Waals surface area contributed by atoms with Crippen LogP contribution in [0.2, 0.25) is 5.02 Å². The van der Waals surface area contributed by atoms with Gasteiger partial charge in [-0.3, -0.25) is 14.4 Å². The van der Waals surface area contributed by atoms with Crippen LogP contribution in [0.4, 0.5) is 5.69 Å². The molecule has 2 aliphatic carbocycles. The van der Waals surface area contributed by atoms with E-state index in [2.05, 4.69) is 52.4 Å². The Kier molecular flexibility index (Phi) is 13.1. The van der Waals surface area contributed by atoms with Crippen molar-refractivity contribution in [1.29, 1.82) is 0 Å². The van der Waals surface area contributed by atoms with Crippen molar-refractivity contribution in [3.05, 3.63) is 58.1 Å². The number of aliphatic hydroxyl groups is 1. The quantitative estimate of drug-likeness (QED) is 0.339. The van der Waals surface area contributed by atoms with E-state index in [9.17, 15) is 14.1 Å². The molecule has 3 aliphatic heterocycles. The number of anilines is 1. The first kappa shape index (κ1) is 38.5. The van der Waals surface area contributed by atoms with Crippen molar-refractivity contribution >= 4 is 34.2 Å². The van der Waals surface area contributed by atoms with Crippen LogP contribution in [-0.2, 0) is 27.6 Å². The van der Waals surface area contributed by atoms with E-state index in [-0.39, 0.29) is 17.4 Å². The number of morpholine rings is 1. The second-order valence-electron chi connectivity index (χ2n) is 15.9. The Hall–Kier alpha value is -2.21. The van der Waals surface area contributed by atoms with Gasteiger partial charge in [-0.15, -0.1) is 0 Å². The maximum absolute atomic E-state index is 12.9. The second kappa shape index (κ2) is 17.3. The summed E-state index contributed by atoms with van der Waals surface area (Å²) in [7, 11) is 0.779. The molecule has 51 heavy (non-hydrogen) atoms. The monoisotopic (exact) mass is 742 g/mol. The molecule has 11 heteroatoms. The third-order valence-corrected chi connectivity index (χ3v) is 13.0. The first-order chi connectivity index (χ1) is 24.5. The summed E-state index contributed by atoms with van der Waals surface area (Å²) in [6.45, 7) is 14.9. The molecule has 9 nitrogen and oxygen atoms in total. The molecule has 1 spiro atoms. The van der Waals surface area contributed by atoms with Crippen LogP contribution in [0.3, 0.4) is 0 Å². The molecular formula is C40H59ClN4O5S. The van der Waals surface area contributed by atoms with E-state index >= 15 is 0 Å². The lowest BCUT2D eigenvalue weighted by Crippen LogP contribution is -2.56. The summed E-state index contributed by atoms with van der Waals surface area (Å²) in [4.78, 5) is 20.3. The highest BCUT2D eigenvalue weighted by Gasteiger charge is 2.44. The van der Waals surface area contributed by atoms with Gasteiger partial charge in [0.2, 0.25) is 0 Å². The number of halogens is 1. The lowest BCUT2D eigenvalue weighted by molar-refractivity contribution is -0.0397. The van der Waals surface area contributed by atoms with Crippen LogP contribution in [0.5, 0.6) is 5.75 Å². The largest absolute Gasteiger partial charge is 0.490 e. The molecule has 0 bridgehead atoms. The Morgan fingerprint density at radius 1 is 1.14 bits per heavy atom. The number of piperazine rings is 1.